The minimum Gasteiger partial charge on any atom is -0.349 e. The lowest BCUT2D eigenvalue weighted by Crippen LogP contribution is -2.50. The zero-order valence-corrected chi connectivity index (χ0v) is 12.9. The average Bonchev–Trinajstić information content (AvgIpc) is 2.35. The van der Waals surface area contributed by atoms with Crippen LogP contribution in [0.15, 0.2) is 28.7 Å². The number of halogens is 1. The zero-order chi connectivity index (χ0) is 13.9. The largest absolute Gasteiger partial charge is 0.349 e. The summed E-state index contributed by atoms with van der Waals surface area (Å²) in [5.41, 5.74) is 7.00. The quantitative estimate of drug-likeness (QED) is 0.873. The first-order valence-electron chi connectivity index (χ1n) is 6.86. The van der Waals surface area contributed by atoms with Gasteiger partial charge in [0.15, 0.2) is 0 Å². The van der Waals surface area contributed by atoms with Crippen LogP contribution in [0.4, 0.5) is 0 Å². The number of amides is 1. The highest BCUT2D eigenvalue weighted by Gasteiger charge is 2.34. The second-order valence-electron chi connectivity index (χ2n) is 5.47. The molecule has 19 heavy (non-hydrogen) atoms. The highest BCUT2D eigenvalue weighted by Crippen LogP contribution is 2.32. The van der Waals surface area contributed by atoms with Crippen LogP contribution in [-0.2, 0) is 4.79 Å². The third-order valence-electron chi connectivity index (χ3n) is 3.88. The van der Waals surface area contributed by atoms with Gasteiger partial charge in [0, 0.05) is 16.4 Å². The molecule has 0 aromatic heterocycles. The van der Waals surface area contributed by atoms with Gasteiger partial charge in [0.05, 0.1) is 6.04 Å². The first-order chi connectivity index (χ1) is 9.02. The van der Waals surface area contributed by atoms with E-state index in [9.17, 15) is 4.79 Å². The van der Waals surface area contributed by atoms with Gasteiger partial charge in [-0.2, -0.15) is 0 Å². The number of carbonyl (C=O) groups excluding carboxylic acids is 1. The fourth-order valence-electron chi connectivity index (χ4n) is 2.49. The van der Waals surface area contributed by atoms with Crippen molar-refractivity contribution in [3.05, 3.63) is 34.3 Å². The Labute approximate surface area is 123 Å². The van der Waals surface area contributed by atoms with E-state index in [-0.39, 0.29) is 17.5 Å². The fraction of sp³-hybridized carbons (Fsp3) is 0.533. The van der Waals surface area contributed by atoms with E-state index in [0.717, 1.165) is 35.7 Å². The molecule has 1 fully saturated rings. The minimum atomic E-state index is -0.248. The van der Waals surface area contributed by atoms with Crippen molar-refractivity contribution < 1.29 is 4.79 Å². The number of hydrogen-bond acceptors (Lipinski definition) is 2. The van der Waals surface area contributed by atoms with E-state index in [4.69, 9.17) is 5.73 Å². The van der Waals surface area contributed by atoms with Crippen LogP contribution in [0.25, 0.3) is 0 Å². The number of nitrogens with one attached hydrogen (secondary N) is 1. The number of benzene rings is 1. The third kappa shape index (κ3) is 3.80. The summed E-state index contributed by atoms with van der Waals surface area (Å²) in [6.07, 6.45) is 4.41. The Balaban J connectivity index is 1.94. The number of carbonyl (C=O) groups is 1. The first-order valence-corrected chi connectivity index (χ1v) is 7.65. The Morgan fingerprint density at radius 2 is 2.05 bits per heavy atom. The molecular weight excluding hydrogens is 304 g/mol. The van der Waals surface area contributed by atoms with Crippen molar-refractivity contribution in [3.63, 3.8) is 0 Å². The molecule has 0 spiro atoms. The van der Waals surface area contributed by atoms with Crippen molar-refractivity contribution in [3.8, 4) is 0 Å². The van der Waals surface area contributed by atoms with Gasteiger partial charge in [-0.15, -0.1) is 0 Å². The van der Waals surface area contributed by atoms with Gasteiger partial charge in [-0.05, 0) is 43.4 Å². The lowest BCUT2D eigenvalue weighted by atomic mass is 9.75. The maximum Gasteiger partial charge on any atom is 0.222 e. The van der Waals surface area contributed by atoms with Crippen molar-refractivity contribution in [1.82, 2.24) is 5.32 Å². The van der Waals surface area contributed by atoms with E-state index in [0.29, 0.717) is 6.42 Å². The Hall–Kier alpha value is -0.870. The summed E-state index contributed by atoms with van der Waals surface area (Å²) >= 11 is 3.42. The topological polar surface area (TPSA) is 55.1 Å². The maximum absolute atomic E-state index is 12.1. The Morgan fingerprint density at radius 1 is 1.42 bits per heavy atom. The van der Waals surface area contributed by atoms with Crippen LogP contribution >= 0.6 is 15.9 Å². The van der Waals surface area contributed by atoms with Gasteiger partial charge in [-0.25, -0.2) is 0 Å². The van der Waals surface area contributed by atoms with Gasteiger partial charge in [0.2, 0.25) is 5.91 Å². The van der Waals surface area contributed by atoms with Crippen molar-refractivity contribution >= 4 is 21.8 Å². The molecule has 0 bridgehead atoms. The van der Waals surface area contributed by atoms with E-state index in [1.54, 1.807) is 0 Å². The second-order valence-corrected chi connectivity index (χ2v) is 6.39. The molecule has 3 nitrogen and oxygen atoms in total. The van der Waals surface area contributed by atoms with Gasteiger partial charge in [0.1, 0.15) is 0 Å². The summed E-state index contributed by atoms with van der Waals surface area (Å²) in [7, 11) is 0. The summed E-state index contributed by atoms with van der Waals surface area (Å²) < 4.78 is 1.05. The van der Waals surface area contributed by atoms with Gasteiger partial charge < -0.3 is 11.1 Å². The predicted octanol–water partition coefficient (Wildman–Crippen LogP) is 3.29. The summed E-state index contributed by atoms with van der Waals surface area (Å²) in [6, 6.07) is 8.16. The summed E-state index contributed by atoms with van der Waals surface area (Å²) in [4.78, 5) is 12.1. The molecule has 0 saturated heterocycles. The SMILES string of the molecule is CCC(NC(=O)CC1(N)CCC1)c1ccc(Br)cc1. The van der Waals surface area contributed by atoms with E-state index >= 15 is 0 Å². The van der Waals surface area contributed by atoms with Crippen LogP contribution in [0.1, 0.15) is 50.6 Å². The van der Waals surface area contributed by atoms with Crippen LogP contribution in [-0.4, -0.2) is 11.4 Å². The van der Waals surface area contributed by atoms with Crippen molar-refractivity contribution in [1.29, 1.82) is 0 Å². The molecule has 1 aromatic carbocycles. The molecule has 1 atom stereocenters. The van der Waals surface area contributed by atoms with Crippen molar-refractivity contribution in [2.45, 2.75) is 50.6 Å². The van der Waals surface area contributed by atoms with Gasteiger partial charge in [-0.1, -0.05) is 35.0 Å². The van der Waals surface area contributed by atoms with E-state index in [2.05, 4.69) is 28.2 Å². The van der Waals surface area contributed by atoms with Crippen molar-refractivity contribution in [2.75, 3.05) is 0 Å². The molecule has 1 amide bonds. The zero-order valence-electron chi connectivity index (χ0n) is 11.3. The van der Waals surface area contributed by atoms with Crippen molar-refractivity contribution in [2.24, 2.45) is 5.73 Å². The maximum atomic E-state index is 12.1. The van der Waals surface area contributed by atoms with E-state index in [1.807, 2.05) is 24.3 Å². The molecular formula is C15H21BrN2O. The molecule has 4 heteroatoms. The predicted molar refractivity (Wildman–Crippen MR) is 80.7 cm³/mol. The number of nitrogens with two attached hydrogens (primary N) is 1. The van der Waals surface area contributed by atoms with E-state index in [1.165, 1.54) is 0 Å². The molecule has 2 rings (SSSR count). The monoisotopic (exact) mass is 324 g/mol. The molecule has 0 radical (unpaired) electrons. The summed E-state index contributed by atoms with van der Waals surface area (Å²) in [5.74, 6) is 0.0666. The number of hydrogen-bond donors (Lipinski definition) is 2. The van der Waals surface area contributed by atoms with Gasteiger partial charge >= 0.3 is 0 Å². The van der Waals surface area contributed by atoms with Gasteiger partial charge in [0.25, 0.3) is 0 Å². The number of rotatable bonds is 5. The van der Waals surface area contributed by atoms with Crippen LogP contribution in [0, 0.1) is 0 Å². The molecule has 0 heterocycles. The smallest absolute Gasteiger partial charge is 0.222 e. The van der Waals surface area contributed by atoms with E-state index < -0.39 is 0 Å². The molecule has 1 aliphatic rings. The lowest BCUT2D eigenvalue weighted by molar-refractivity contribution is -0.123. The lowest BCUT2D eigenvalue weighted by Gasteiger charge is -2.37. The average molecular weight is 325 g/mol. The molecule has 1 aromatic rings. The van der Waals surface area contributed by atoms with Gasteiger partial charge in [-0.3, -0.25) is 4.79 Å². The minimum absolute atomic E-state index is 0.0666. The highest BCUT2D eigenvalue weighted by molar-refractivity contribution is 9.10. The Bertz CT molecular complexity index is 440. The first kappa shape index (κ1) is 14.5. The third-order valence-corrected chi connectivity index (χ3v) is 4.41. The van der Waals surface area contributed by atoms with Crippen LogP contribution in [0.2, 0.25) is 0 Å². The highest BCUT2D eigenvalue weighted by atomic mass is 79.9. The summed E-state index contributed by atoms with van der Waals surface area (Å²) in [6.45, 7) is 2.08. The molecule has 3 N–H and O–H groups in total. The van der Waals surface area contributed by atoms with Crippen LogP contribution in [0.5, 0.6) is 0 Å². The molecule has 1 saturated carbocycles. The molecule has 1 unspecified atom stereocenters. The standard InChI is InChI=1S/C15H21BrN2O/c1-2-13(11-4-6-12(16)7-5-11)18-14(19)10-15(17)8-3-9-15/h4-7,13H,2-3,8-10,17H2,1H3,(H,18,19). The molecule has 1 aliphatic carbocycles. The second kappa shape index (κ2) is 6.06. The molecule has 104 valence electrons. The van der Waals surface area contributed by atoms with Crippen LogP contribution < -0.4 is 11.1 Å². The normalized spacial score (nSPS) is 18.5. The fourth-order valence-corrected chi connectivity index (χ4v) is 2.75. The summed E-state index contributed by atoms with van der Waals surface area (Å²) in [5, 5.41) is 3.09. The van der Waals surface area contributed by atoms with Crippen LogP contribution in [0.3, 0.4) is 0 Å². The Kier molecular flexibility index (Phi) is 4.63. The molecule has 0 aliphatic heterocycles. The Morgan fingerprint density at radius 3 is 2.53 bits per heavy atom.